The Balaban J connectivity index is 1.48. The largest absolute Gasteiger partial charge is 0.295 e. The Labute approximate surface area is 163 Å². The Morgan fingerprint density at radius 1 is 0.643 bits per heavy atom. The summed E-state index contributed by atoms with van der Waals surface area (Å²) in [5.41, 5.74) is 2.74. The number of Topliss-reactive ketones (excluding diaryl/α,β-unsaturated/α-hetero) is 2. The van der Waals surface area contributed by atoms with Gasteiger partial charge in [0.25, 0.3) is 0 Å². The lowest BCUT2D eigenvalue weighted by Gasteiger charge is -2.29. The van der Waals surface area contributed by atoms with E-state index in [0.717, 1.165) is 0 Å². The first-order chi connectivity index (χ1) is 13.5. The molecule has 8 heteroatoms. The van der Waals surface area contributed by atoms with Crippen molar-refractivity contribution in [3.05, 3.63) is 59.7 Å². The number of benzene rings is 2. The SMILES string of the molecule is CC(=O)c1ccc(N=NN2CCN(N=Nc3ccc(C(C)=O)cc3)CC2)cc1. The summed E-state index contributed by atoms with van der Waals surface area (Å²) in [5, 5.41) is 20.7. The molecule has 0 saturated carbocycles. The number of hydrogen-bond donors (Lipinski definition) is 0. The molecule has 1 saturated heterocycles. The fourth-order valence-electron chi connectivity index (χ4n) is 2.62. The van der Waals surface area contributed by atoms with E-state index in [1.165, 1.54) is 13.8 Å². The molecule has 0 radical (unpaired) electrons. The minimum Gasteiger partial charge on any atom is -0.295 e. The zero-order valence-corrected chi connectivity index (χ0v) is 15.9. The molecular weight excluding hydrogens is 356 g/mol. The Morgan fingerprint density at radius 3 is 1.25 bits per heavy atom. The third-order valence-corrected chi connectivity index (χ3v) is 4.35. The van der Waals surface area contributed by atoms with Crippen molar-refractivity contribution in [1.82, 2.24) is 10.0 Å². The van der Waals surface area contributed by atoms with Crippen LogP contribution in [0.2, 0.25) is 0 Å². The van der Waals surface area contributed by atoms with Crippen molar-refractivity contribution in [2.45, 2.75) is 13.8 Å². The summed E-state index contributed by atoms with van der Waals surface area (Å²) in [5.74, 6) is 0.0622. The third kappa shape index (κ3) is 5.29. The first-order valence-electron chi connectivity index (χ1n) is 9.06. The predicted octanol–water partition coefficient (Wildman–Crippen LogP) is 4.41. The van der Waals surface area contributed by atoms with Crippen LogP contribution in [-0.4, -0.2) is 47.8 Å². The first-order valence-corrected chi connectivity index (χ1v) is 9.06. The van der Waals surface area contributed by atoms with Crippen molar-refractivity contribution < 1.29 is 9.59 Å². The zero-order valence-electron chi connectivity index (χ0n) is 15.9. The lowest BCUT2D eigenvalue weighted by atomic mass is 10.1. The van der Waals surface area contributed by atoms with Crippen LogP contribution in [0.4, 0.5) is 11.4 Å². The second-order valence-electron chi connectivity index (χ2n) is 6.49. The van der Waals surface area contributed by atoms with Crippen molar-refractivity contribution in [3.63, 3.8) is 0 Å². The minimum atomic E-state index is 0.0311. The summed E-state index contributed by atoms with van der Waals surface area (Å²) in [6, 6.07) is 14.1. The molecule has 0 aromatic heterocycles. The maximum absolute atomic E-state index is 11.3. The van der Waals surface area contributed by atoms with Gasteiger partial charge < -0.3 is 0 Å². The average Bonchev–Trinajstić information content (AvgIpc) is 2.72. The zero-order chi connectivity index (χ0) is 19.9. The van der Waals surface area contributed by atoms with Crippen LogP contribution in [0.3, 0.4) is 0 Å². The van der Waals surface area contributed by atoms with E-state index >= 15 is 0 Å². The highest BCUT2D eigenvalue weighted by Crippen LogP contribution is 2.17. The molecule has 0 amide bonds. The number of rotatable bonds is 6. The predicted molar refractivity (Wildman–Crippen MR) is 105 cm³/mol. The molecule has 1 heterocycles. The van der Waals surface area contributed by atoms with E-state index in [1.807, 2.05) is 10.0 Å². The van der Waals surface area contributed by atoms with Crippen LogP contribution in [0.15, 0.2) is 69.2 Å². The molecule has 1 aliphatic heterocycles. The van der Waals surface area contributed by atoms with Crippen LogP contribution in [0.1, 0.15) is 34.6 Å². The molecule has 0 bridgehead atoms. The van der Waals surface area contributed by atoms with Crippen molar-refractivity contribution in [2.75, 3.05) is 26.2 Å². The van der Waals surface area contributed by atoms with Gasteiger partial charge in [-0.3, -0.25) is 19.6 Å². The molecule has 28 heavy (non-hydrogen) atoms. The first kappa shape index (κ1) is 19.3. The van der Waals surface area contributed by atoms with Crippen molar-refractivity contribution in [1.29, 1.82) is 0 Å². The van der Waals surface area contributed by atoms with Gasteiger partial charge in [-0.2, -0.15) is 0 Å². The summed E-state index contributed by atoms with van der Waals surface area (Å²) < 4.78 is 0. The summed E-state index contributed by atoms with van der Waals surface area (Å²) in [4.78, 5) is 22.6. The summed E-state index contributed by atoms with van der Waals surface area (Å²) >= 11 is 0. The van der Waals surface area contributed by atoms with Gasteiger partial charge >= 0.3 is 0 Å². The standard InChI is InChI=1S/C20H22N6O2/c1-15(27)17-3-7-19(8-4-17)21-23-25-11-13-26(14-12-25)24-22-20-9-5-18(6-10-20)16(2)28/h3-10H,11-14H2,1-2H3. The topological polar surface area (TPSA) is 90.1 Å². The van der Waals surface area contributed by atoms with Gasteiger partial charge in [0.05, 0.1) is 37.6 Å². The van der Waals surface area contributed by atoms with E-state index in [9.17, 15) is 9.59 Å². The number of hydrogen-bond acceptors (Lipinski definition) is 6. The van der Waals surface area contributed by atoms with Crippen LogP contribution < -0.4 is 0 Å². The van der Waals surface area contributed by atoms with Gasteiger partial charge in [0.1, 0.15) is 0 Å². The van der Waals surface area contributed by atoms with Crippen LogP contribution >= 0.6 is 0 Å². The Morgan fingerprint density at radius 2 is 0.964 bits per heavy atom. The van der Waals surface area contributed by atoms with Gasteiger partial charge in [-0.15, -0.1) is 10.2 Å². The van der Waals surface area contributed by atoms with E-state index in [0.29, 0.717) is 48.7 Å². The number of piperazine rings is 1. The number of ketones is 2. The van der Waals surface area contributed by atoms with Gasteiger partial charge in [0.2, 0.25) is 0 Å². The third-order valence-electron chi connectivity index (χ3n) is 4.35. The van der Waals surface area contributed by atoms with Crippen LogP contribution in [0.25, 0.3) is 0 Å². The fraction of sp³-hybridized carbons (Fsp3) is 0.300. The summed E-state index contributed by atoms with van der Waals surface area (Å²) in [6.45, 7) is 5.84. The van der Waals surface area contributed by atoms with Crippen molar-refractivity contribution >= 4 is 22.9 Å². The molecule has 144 valence electrons. The maximum Gasteiger partial charge on any atom is 0.159 e. The van der Waals surface area contributed by atoms with Crippen LogP contribution in [-0.2, 0) is 0 Å². The van der Waals surface area contributed by atoms with E-state index < -0.39 is 0 Å². The van der Waals surface area contributed by atoms with E-state index in [4.69, 9.17) is 0 Å². The molecule has 2 aromatic rings. The maximum atomic E-state index is 11.3. The van der Waals surface area contributed by atoms with Gasteiger partial charge in [0.15, 0.2) is 11.6 Å². The molecule has 0 aliphatic carbocycles. The molecule has 0 spiro atoms. The highest BCUT2D eigenvalue weighted by Gasteiger charge is 2.14. The number of carbonyl (C=O) groups is 2. The molecule has 3 rings (SSSR count). The normalized spacial score (nSPS) is 14.8. The van der Waals surface area contributed by atoms with E-state index in [1.54, 1.807) is 48.5 Å². The van der Waals surface area contributed by atoms with Crippen molar-refractivity contribution in [3.8, 4) is 0 Å². The van der Waals surface area contributed by atoms with Gasteiger partial charge in [-0.1, -0.05) is 10.4 Å². The van der Waals surface area contributed by atoms with E-state index in [2.05, 4.69) is 20.7 Å². The van der Waals surface area contributed by atoms with Gasteiger partial charge in [0, 0.05) is 11.1 Å². The Hall–Kier alpha value is -3.42. The fourth-order valence-corrected chi connectivity index (χ4v) is 2.62. The molecule has 8 nitrogen and oxygen atoms in total. The van der Waals surface area contributed by atoms with Crippen molar-refractivity contribution in [2.24, 2.45) is 20.7 Å². The highest BCUT2D eigenvalue weighted by atomic mass is 16.1. The average molecular weight is 378 g/mol. The molecule has 1 fully saturated rings. The Kier molecular flexibility index (Phi) is 6.21. The molecule has 0 N–H and O–H groups in total. The van der Waals surface area contributed by atoms with Gasteiger partial charge in [-0.25, -0.2) is 0 Å². The van der Waals surface area contributed by atoms with E-state index in [-0.39, 0.29) is 11.6 Å². The molecular formula is C20H22N6O2. The molecule has 1 aliphatic rings. The summed E-state index contributed by atoms with van der Waals surface area (Å²) in [7, 11) is 0. The summed E-state index contributed by atoms with van der Waals surface area (Å²) in [6.07, 6.45) is 0. The number of nitrogens with zero attached hydrogens (tertiary/aromatic N) is 6. The lowest BCUT2D eigenvalue weighted by Crippen LogP contribution is -2.40. The Bertz CT molecular complexity index is 806. The van der Waals surface area contributed by atoms with Gasteiger partial charge in [-0.05, 0) is 62.4 Å². The minimum absolute atomic E-state index is 0.0311. The highest BCUT2D eigenvalue weighted by molar-refractivity contribution is 5.94. The lowest BCUT2D eigenvalue weighted by molar-refractivity contribution is 0.100. The number of carbonyl (C=O) groups excluding carboxylic acids is 2. The molecule has 2 aromatic carbocycles. The quantitative estimate of drug-likeness (QED) is 0.550. The molecule has 0 atom stereocenters. The molecule has 0 unspecified atom stereocenters. The second-order valence-corrected chi connectivity index (χ2v) is 6.49. The second kappa shape index (κ2) is 8.98. The monoisotopic (exact) mass is 378 g/mol. The van der Waals surface area contributed by atoms with Crippen LogP contribution in [0.5, 0.6) is 0 Å². The smallest absolute Gasteiger partial charge is 0.159 e. The van der Waals surface area contributed by atoms with Crippen LogP contribution in [0, 0.1) is 0 Å².